The molecule has 1 aromatic carbocycles. The standard InChI is InChI=1S/C13H17N3O3/c1-8(12(17)16-13(14)18)19-10-5-4-9-3-2-6-15-11(9)7-10/h4-5,7-8,15H,2-3,6H2,1H3,(H3,14,16,17,18). The van der Waals surface area contributed by atoms with Gasteiger partial charge in [0.15, 0.2) is 6.10 Å². The van der Waals surface area contributed by atoms with Gasteiger partial charge < -0.3 is 15.8 Å². The molecular formula is C13H17N3O3. The van der Waals surface area contributed by atoms with Gasteiger partial charge in [0.25, 0.3) is 5.91 Å². The van der Waals surface area contributed by atoms with Crippen molar-refractivity contribution in [2.45, 2.75) is 25.9 Å². The topological polar surface area (TPSA) is 93.4 Å². The number of nitrogens with two attached hydrogens (primary N) is 1. The van der Waals surface area contributed by atoms with Gasteiger partial charge >= 0.3 is 6.03 Å². The van der Waals surface area contributed by atoms with Gasteiger partial charge in [-0.25, -0.2) is 4.79 Å². The zero-order valence-electron chi connectivity index (χ0n) is 10.7. The van der Waals surface area contributed by atoms with Crippen LogP contribution in [0.5, 0.6) is 5.75 Å². The number of fused-ring (bicyclic) bond motifs is 1. The Balaban J connectivity index is 2.02. The molecule has 1 atom stereocenters. The number of carbonyl (C=O) groups is 2. The predicted octanol–water partition coefficient (Wildman–Crippen LogP) is 1.01. The molecule has 0 saturated heterocycles. The number of ether oxygens (including phenoxy) is 1. The van der Waals surface area contributed by atoms with Gasteiger partial charge in [-0.15, -0.1) is 0 Å². The fourth-order valence-electron chi connectivity index (χ4n) is 1.99. The summed E-state index contributed by atoms with van der Waals surface area (Å²) in [5.74, 6) is 0.0263. The van der Waals surface area contributed by atoms with Gasteiger partial charge in [0, 0.05) is 18.3 Å². The van der Waals surface area contributed by atoms with Crippen LogP contribution in [0.15, 0.2) is 18.2 Å². The molecule has 1 aromatic rings. The Hall–Kier alpha value is -2.24. The number of hydrogen-bond acceptors (Lipinski definition) is 4. The summed E-state index contributed by atoms with van der Waals surface area (Å²) >= 11 is 0. The summed E-state index contributed by atoms with van der Waals surface area (Å²) in [5, 5.41) is 5.27. The number of rotatable bonds is 3. The summed E-state index contributed by atoms with van der Waals surface area (Å²) in [5.41, 5.74) is 7.16. The Morgan fingerprint density at radius 1 is 1.47 bits per heavy atom. The molecule has 0 saturated carbocycles. The van der Waals surface area contributed by atoms with Crippen LogP contribution in [0.4, 0.5) is 10.5 Å². The molecule has 4 N–H and O–H groups in total. The van der Waals surface area contributed by atoms with Gasteiger partial charge in [0.05, 0.1) is 0 Å². The van der Waals surface area contributed by atoms with E-state index in [-0.39, 0.29) is 0 Å². The molecule has 0 aromatic heterocycles. The van der Waals surface area contributed by atoms with E-state index < -0.39 is 18.0 Å². The van der Waals surface area contributed by atoms with Crippen LogP contribution in [0.2, 0.25) is 0 Å². The first-order valence-corrected chi connectivity index (χ1v) is 6.20. The van der Waals surface area contributed by atoms with Crippen LogP contribution >= 0.6 is 0 Å². The lowest BCUT2D eigenvalue weighted by Gasteiger charge is -2.20. The number of nitrogens with one attached hydrogen (secondary N) is 2. The molecule has 2 rings (SSSR count). The van der Waals surface area contributed by atoms with Crippen LogP contribution in [0.25, 0.3) is 0 Å². The van der Waals surface area contributed by atoms with E-state index in [1.807, 2.05) is 23.5 Å². The summed E-state index contributed by atoms with van der Waals surface area (Å²) in [4.78, 5) is 22.1. The fourth-order valence-corrected chi connectivity index (χ4v) is 1.99. The minimum Gasteiger partial charge on any atom is -0.481 e. The zero-order valence-corrected chi connectivity index (χ0v) is 10.7. The van der Waals surface area contributed by atoms with Crippen molar-refractivity contribution in [2.75, 3.05) is 11.9 Å². The highest BCUT2D eigenvalue weighted by molar-refractivity contribution is 5.95. The monoisotopic (exact) mass is 263 g/mol. The minimum absolute atomic E-state index is 0.557. The van der Waals surface area contributed by atoms with Gasteiger partial charge in [0.1, 0.15) is 5.75 Å². The molecule has 102 valence electrons. The third-order valence-corrected chi connectivity index (χ3v) is 2.95. The third kappa shape index (κ3) is 3.37. The van der Waals surface area contributed by atoms with Crippen molar-refractivity contribution in [2.24, 2.45) is 5.73 Å². The maximum absolute atomic E-state index is 11.5. The van der Waals surface area contributed by atoms with Crippen LogP contribution < -0.4 is 21.1 Å². The summed E-state index contributed by atoms with van der Waals surface area (Å²) in [6.07, 6.45) is 1.37. The average molecular weight is 263 g/mol. The van der Waals surface area contributed by atoms with Crippen LogP contribution in [-0.4, -0.2) is 24.6 Å². The Morgan fingerprint density at radius 2 is 2.26 bits per heavy atom. The Bertz CT molecular complexity index is 502. The zero-order chi connectivity index (χ0) is 13.8. The summed E-state index contributed by atoms with van der Waals surface area (Å²) in [7, 11) is 0. The van der Waals surface area contributed by atoms with E-state index in [1.54, 1.807) is 6.92 Å². The van der Waals surface area contributed by atoms with Gasteiger partial charge in [-0.3, -0.25) is 10.1 Å². The molecule has 3 amide bonds. The number of amides is 3. The van der Waals surface area contributed by atoms with E-state index >= 15 is 0 Å². The number of benzene rings is 1. The van der Waals surface area contributed by atoms with E-state index in [2.05, 4.69) is 5.32 Å². The van der Waals surface area contributed by atoms with E-state index in [0.717, 1.165) is 25.1 Å². The Morgan fingerprint density at radius 3 is 3.00 bits per heavy atom. The molecular weight excluding hydrogens is 246 g/mol. The first kappa shape index (κ1) is 13.2. The van der Waals surface area contributed by atoms with Gasteiger partial charge in [0.2, 0.25) is 0 Å². The second-order valence-electron chi connectivity index (χ2n) is 4.46. The number of hydrogen-bond donors (Lipinski definition) is 3. The highest BCUT2D eigenvalue weighted by Crippen LogP contribution is 2.27. The number of aryl methyl sites for hydroxylation is 1. The van der Waals surface area contributed by atoms with Crippen LogP contribution in [-0.2, 0) is 11.2 Å². The summed E-state index contributed by atoms with van der Waals surface area (Å²) in [6.45, 7) is 2.50. The van der Waals surface area contributed by atoms with Crippen molar-refractivity contribution in [1.29, 1.82) is 0 Å². The third-order valence-electron chi connectivity index (χ3n) is 2.95. The summed E-state index contributed by atoms with van der Waals surface area (Å²) < 4.78 is 5.48. The molecule has 6 heteroatoms. The molecule has 1 unspecified atom stereocenters. The van der Waals surface area contributed by atoms with Gasteiger partial charge in [-0.2, -0.15) is 0 Å². The first-order chi connectivity index (χ1) is 9.06. The molecule has 0 bridgehead atoms. The maximum Gasteiger partial charge on any atom is 0.318 e. The molecule has 0 radical (unpaired) electrons. The number of anilines is 1. The molecule has 1 aliphatic heterocycles. The molecule has 1 aliphatic rings. The molecule has 0 aliphatic carbocycles. The second-order valence-corrected chi connectivity index (χ2v) is 4.46. The van der Waals surface area contributed by atoms with E-state index in [4.69, 9.17) is 10.5 Å². The maximum atomic E-state index is 11.5. The Kier molecular flexibility index (Phi) is 3.89. The first-order valence-electron chi connectivity index (χ1n) is 6.20. The van der Waals surface area contributed by atoms with Crippen molar-refractivity contribution in [3.05, 3.63) is 23.8 Å². The van der Waals surface area contributed by atoms with E-state index in [1.165, 1.54) is 5.56 Å². The molecule has 6 nitrogen and oxygen atoms in total. The number of carbonyl (C=O) groups excluding carboxylic acids is 2. The summed E-state index contributed by atoms with van der Waals surface area (Å²) in [6, 6.07) is 4.78. The fraction of sp³-hybridized carbons (Fsp3) is 0.385. The largest absolute Gasteiger partial charge is 0.481 e. The van der Waals surface area contributed by atoms with Crippen LogP contribution in [0.3, 0.4) is 0 Å². The van der Waals surface area contributed by atoms with Crippen LogP contribution in [0.1, 0.15) is 18.9 Å². The smallest absolute Gasteiger partial charge is 0.318 e. The molecule has 0 fully saturated rings. The van der Waals surface area contributed by atoms with Crippen molar-refractivity contribution >= 4 is 17.6 Å². The number of urea groups is 1. The lowest BCUT2D eigenvalue weighted by molar-refractivity contribution is -0.126. The second kappa shape index (κ2) is 5.60. The highest BCUT2D eigenvalue weighted by Gasteiger charge is 2.17. The molecule has 1 heterocycles. The lowest BCUT2D eigenvalue weighted by atomic mass is 10.0. The highest BCUT2D eigenvalue weighted by atomic mass is 16.5. The molecule has 0 spiro atoms. The minimum atomic E-state index is -0.882. The molecule has 19 heavy (non-hydrogen) atoms. The van der Waals surface area contributed by atoms with Crippen molar-refractivity contribution < 1.29 is 14.3 Å². The van der Waals surface area contributed by atoms with Crippen molar-refractivity contribution in [3.8, 4) is 5.75 Å². The quantitative estimate of drug-likeness (QED) is 0.758. The van der Waals surface area contributed by atoms with E-state index in [9.17, 15) is 9.59 Å². The SMILES string of the molecule is CC(Oc1ccc2c(c1)NCCC2)C(=O)NC(N)=O. The Labute approximate surface area is 111 Å². The normalized spacial score (nSPS) is 14.8. The number of imide groups is 1. The van der Waals surface area contributed by atoms with Crippen LogP contribution in [0, 0.1) is 0 Å². The van der Waals surface area contributed by atoms with Gasteiger partial charge in [-0.05, 0) is 31.4 Å². The number of primary amides is 1. The lowest BCUT2D eigenvalue weighted by Crippen LogP contribution is -2.42. The van der Waals surface area contributed by atoms with E-state index in [0.29, 0.717) is 5.75 Å². The van der Waals surface area contributed by atoms with Crippen molar-refractivity contribution in [1.82, 2.24) is 5.32 Å². The van der Waals surface area contributed by atoms with Gasteiger partial charge in [-0.1, -0.05) is 6.07 Å². The predicted molar refractivity (Wildman–Crippen MR) is 71.1 cm³/mol. The average Bonchev–Trinajstić information content (AvgIpc) is 2.37. The van der Waals surface area contributed by atoms with Crippen molar-refractivity contribution in [3.63, 3.8) is 0 Å².